The number of pyridine rings is 1. The van der Waals surface area contributed by atoms with E-state index in [2.05, 4.69) is 15.2 Å². The van der Waals surface area contributed by atoms with Crippen LogP contribution in [0.4, 0.5) is 0 Å². The smallest absolute Gasteiger partial charge is 0.269 e. The molecule has 0 bridgehead atoms. The Morgan fingerprint density at radius 3 is 2.64 bits per heavy atom. The second-order valence-corrected chi connectivity index (χ2v) is 2.87. The van der Waals surface area contributed by atoms with Crippen LogP contribution in [0.1, 0.15) is 5.56 Å². The molecule has 0 saturated heterocycles. The highest BCUT2D eigenvalue weighted by atomic mass is 16.1. The van der Waals surface area contributed by atoms with E-state index in [1.165, 1.54) is 0 Å². The van der Waals surface area contributed by atoms with Gasteiger partial charge in [-0.05, 0) is 12.1 Å². The molecule has 0 saturated carbocycles. The molecule has 0 amide bonds. The van der Waals surface area contributed by atoms with Crippen LogP contribution in [0.2, 0.25) is 0 Å². The van der Waals surface area contributed by atoms with Crippen molar-refractivity contribution >= 4 is 0 Å². The molecule has 0 radical (unpaired) electrons. The molecule has 0 fully saturated rings. The maximum absolute atomic E-state index is 11.3. The van der Waals surface area contributed by atoms with Gasteiger partial charge in [-0.2, -0.15) is 0 Å². The van der Waals surface area contributed by atoms with Crippen molar-refractivity contribution in [2.75, 3.05) is 0 Å². The van der Waals surface area contributed by atoms with Crippen LogP contribution in [0.15, 0.2) is 29.3 Å². The number of H-pyrrole nitrogens is 2. The fraction of sp³-hybridized carbons (Fsp3) is 0.111. The Labute approximate surface area is 80.0 Å². The molecule has 0 unspecified atom stereocenters. The van der Waals surface area contributed by atoms with Gasteiger partial charge in [-0.3, -0.25) is 20.0 Å². The Hall–Kier alpha value is -1.88. The van der Waals surface area contributed by atoms with Crippen LogP contribution >= 0.6 is 0 Å². The Morgan fingerprint density at radius 2 is 2.00 bits per heavy atom. The maximum Gasteiger partial charge on any atom is 0.269 e. The lowest BCUT2D eigenvalue weighted by atomic mass is 10.1. The molecule has 0 spiro atoms. The first-order chi connectivity index (χ1) is 6.83. The zero-order valence-electron chi connectivity index (χ0n) is 7.45. The van der Waals surface area contributed by atoms with E-state index < -0.39 is 0 Å². The minimum Gasteiger partial charge on any atom is -0.326 e. The lowest BCUT2D eigenvalue weighted by molar-refractivity contribution is 1.04. The Morgan fingerprint density at radius 1 is 1.29 bits per heavy atom. The van der Waals surface area contributed by atoms with E-state index in [4.69, 9.17) is 5.73 Å². The molecule has 5 nitrogen and oxygen atoms in total. The summed E-state index contributed by atoms with van der Waals surface area (Å²) in [6.45, 7) is 0.219. The van der Waals surface area contributed by atoms with Crippen molar-refractivity contribution in [1.82, 2.24) is 15.2 Å². The summed E-state index contributed by atoms with van der Waals surface area (Å²) in [6.07, 6.45) is 3.34. The van der Waals surface area contributed by atoms with E-state index in [0.29, 0.717) is 5.56 Å². The summed E-state index contributed by atoms with van der Waals surface area (Å²) in [5.74, 6) is 0. The van der Waals surface area contributed by atoms with Crippen molar-refractivity contribution in [2.24, 2.45) is 5.73 Å². The summed E-state index contributed by atoms with van der Waals surface area (Å²) in [4.78, 5) is 15.2. The van der Waals surface area contributed by atoms with E-state index in [1.54, 1.807) is 12.4 Å². The molecule has 5 heteroatoms. The molecule has 72 valence electrons. The molecule has 2 heterocycles. The largest absolute Gasteiger partial charge is 0.326 e. The van der Waals surface area contributed by atoms with Gasteiger partial charge in [0.15, 0.2) is 0 Å². The number of hydrogen-bond donors (Lipinski definition) is 3. The second-order valence-electron chi connectivity index (χ2n) is 2.87. The molecule has 2 rings (SSSR count). The number of rotatable bonds is 2. The maximum atomic E-state index is 11.3. The van der Waals surface area contributed by atoms with Gasteiger partial charge < -0.3 is 5.73 Å². The van der Waals surface area contributed by atoms with Crippen molar-refractivity contribution in [3.63, 3.8) is 0 Å². The molecule has 0 aliphatic carbocycles. The fourth-order valence-corrected chi connectivity index (χ4v) is 1.34. The number of nitrogens with one attached hydrogen (secondary N) is 2. The molecule has 2 aromatic rings. The van der Waals surface area contributed by atoms with Gasteiger partial charge >= 0.3 is 0 Å². The summed E-state index contributed by atoms with van der Waals surface area (Å²) >= 11 is 0. The minimum absolute atomic E-state index is 0.167. The van der Waals surface area contributed by atoms with Crippen molar-refractivity contribution in [2.45, 2.75) is 6.54 Å². The molecule has 4 N–H and O–H groups in total. The van der Waals surface area contributed by atoms with Crippen LogP contribution in [-0.2, 0) is 6.54 Å². The molecular weight excluding hydrogens is 180 g/mol. The summed E-state index contributed by atoms with van der Waals surface area (Å²) < 4.78 is 0. The van der Waals surface area contributed by atoms with Crippen LogP contribution in [0.25, 0.3) is 11.3 Å². The van der Waals surface area contributed by atoms with Crippen molar-refractivity contribution in [3.05, 3.63) is 40.4 Å². The fourth-order valence-electron chi connectivity index (χ4n) is 1.34. The standard InChI is InChI=1S/C9H10N4O/c10-5-7-8(12-13-9(7)14)6-1-3-11-4-2-6/h1-4H,5,10H2,(H2,12,13,14). The Bertz CT molecular complexity index is 471. The monoisotopic (exact) mass is 190 g/mol. The highest BCUT2D eigenvalue weighted by Crippen LogP contribution is 2.16. The average Bonchev–Trinajstić information content (AvgIpc) is 2.61. The number of nitrogens with zero attached hydrogens (tertiary/aromatic N) is 1. The molecule has 0 aliphatic rings. The van der Waals surface area contributed by atoms with Crippen LogP contribution in [0, 0.1) is 0 Å². The SMILES string of the molecule is NCc1c(-c2ccncc2)[nH][nH]c1=O. The second kappa shape index (κ2) is 3.47. The predicted molar refractivity (Wildman–Crippen MR) is 52.5 cm³/mol. The van der Waals surface area contributed by atoms with Gasteiger partial charge in [-0.1, -0.05) is 0 Å². The third-order valence-electron chi connectivity index (χ3n) is 2.05. The molecule has 0 aromatic carbocycles. The van der Waals surface area contributed by atoms with Gasteiger partial charge in [0, 0.05) is 24.5 Å². The first-order valence-electron chi connectivity index (χ1n) is 4.23. The molecule has 2 aromatic heterocycles. The summed E-state index contributed by atoms with van der Waals surface area (Å²) in [7, 11) is 0. The minimum atomic E-state index is -0.167. The highest BCUT2D eigenvalue weighted by Gasteiger charge is 2.08. The highest BCUT2D eigenvalue weighted by molar-refractivity contribution is 5.61. The summed E-state index contributed by atoms with van der Waals surface area (Å²) in [5, 5.41) is 5.30. The number of aromatic nitrogens is 3. The first kappa shape index (κ1) is 8.71. The summed E-state index contributed by atoms with van der Waals surface area (Å²) in [6, 6.07) is 3.64. The van der Waals surface area contributed by atoms with Crippen LogP contribution in [-0.4, -0.2) is 15.2 Å². The first-order valence-corrected chi connectivity index (χ1v) is 4.23. The molecular formula is C9H10N4O. The van der Waals surface area contributed by atoms with Crippen molar-refractivity contribution in [3.8, 4) is 11.3 Å². The summed E-state index contributed by atoms with van der Waals surface area (Å²) in [5.41, 5.74) is 7.51. The lowest BCUT2D eigenvalue weighted by Gasteiger charge is -1.98. The normalized spacial score (nSPS) is 10.4. The van der Waals surface area contributed by atoms with Gasteiger partial charge in [-0.25, -0.2) is 0 Å². The third-order valence-corrected chi connectivity index (χ3v) is 2.05. The Kier molecular flexibility index (Phi) is 2.16. The van der Waals surface area contributed by atoms with Crippen LogP contribution in [0.3, 0.4) is 0 Å². The van der Waals surface area contributed by atoms with Crippen LogP contribution in [0.5, 0.6) is 0 Å². The van der Waals surface area contributed by atoms with Gasteiger partial charge in [0.1, 0.15) is 0 Å². The van der Waals surface area contributed by atoms with E-state index in [1.807, 2.05) is 12.1 Å². The third kappa shape index (κ3) is 1.33. The van der Waals surface area contributed by atoms with Crippen molar-refractivity contribution < 1.29 is 0 Å². The van der Waals surface area contributed by atoms with Gasteiger partial charge in [-0.15, -0.1) is 0 Å². The average molecular weight is 190 g/mol. The van der Waals surface area contributed by atoms with Gasteiger partial charge in [0.25, 0.3) is 5.56 Å². The van der Waals surface area contributed by atoms with E-state index in [9.17, 15) is 4.79 Å². The van der Waals surface area contributed by atoms with Crippen molar-refractivity contribution in [1.29, 1.82) is 0 Å². The van der Waals surface area contributed by atoms with E-state index in [-0.39, 0.29) is 12.1 Å². The topological polar surface area (TPSA) is 87.6 Å². The quantitative estimate of drug-likeness (QED) is 0.633. The molecule has 0 atom stereocenters. The predicted octanol–water partition coefficient (Wildman–Crippen LogP) is 0.224. The molecule has 0 aliphatic heterocycles. The van der Waals surface area contributed by atoms with Crippen LogP contribution < -0.4 is 11.3 Å². The lowest BCUT2D eigenvalue weighted by Crippen LogP contribution is -2.10. The number of nitrogens with two attached hydrogens (primary N) is 1. The Balaban J connectivity index is 2.57. The zero-order chi connectivity index (χ0) is 9.97. The van der Waals surface area contributed by atoms with Gasteiger partial charge in [0.2, 0.25) is 0 Å². The van der Waals surface area contributed by atoms with E-state index in [0.717, 1.165) is 11.3 Å². The number of hydrogen-bond acceptors (Lipinski definition) is 3. The van der Waals surface area contributed by atoms with Gasteiger partial charge in [0.05, 0.1) is 11.3 Å². The van der Waals surface area contributed by atoms with E-state index >= 15 is 0 Å². The molecule has 14 heavy (non-hydrogen) atoms. The number of aromatic amines is 2. The zero-order valence-corrected chi connectivity index (χ0v) is 7.45.